The highest BCUT2D eigenvalue weighted by Crippen LogP contribution is 2.44. The minimum absolute atomic E-state index is 0.0688. The molecule has 154 valence electrons. The number of nitrogens with zero attached hydrogens (tertiary/aromatic N) is 4. The maximum Gasteiger partial charge on any atom is 0.185 e. The Balaban J connectivity index is 1.46. The normalized spacial score (nSPS) is 30.0. The summed E-state index contributed by atoms with van der Waals surface area (Å²) < 4.78 is 15.3. The number of benzene rings is 1. The number of alkyl halides is 1. The van der Waals surface area contributed by atoms with Crippen molar-refractivity contribution in [2.75, 3.05) is 0 Å². The monoisotopic (exact) mass is 405 g/mol. The average molecular weight is 405 g/mol. The van der Waals surface area contributed by atoms with Crippen molar-refractivity contribution < 1.29 is 9.50 Å². The van der Waals surface area contributed by atoms with E-state index in [9.17, 15) is 5.11 Å². The van der Waals surface area contributed by atoms with Crippen LogP contribution in [0.1, 0.15) is 45.2 Å². The van der Waals surface area contributed by atoms with Crippen LogP contribution in [0, 0.1) is 0 Å². The topological polar surface area (TPSA) is 83.8 Å². The Kier molecular flexibility index (Phi) is 4.32. The summed E-state index contributed by atoms with van der Waals surface area (Å²) in [6, 6.07) is 5.32. The van der Waals surface area contributed by atoms with Crippen LogP contribution in [-0.4, -0.2) is 42.5 Å². The first kappa shape index (κ1) is 19.1. The zero-order valence-electron chi connectivity index (χ0n) is 17.1. The van der Waals surface area contributed by atoms with Crippen molar-refractivity contribution in [3.8, 4) is 17.1 Å². The molecule has 2 aliphatic heterocycles. The lowest BCUT2D eigenvalue weighted by atomic mass is 9.68. The standard InChI is InChI=1S/C23H24FN5O/c1-22-5-3-6-23(2,29-22)20(24)15(11-22)8-17-13-26-21(28-27-17)18-9-14-4-7-25-12-16(14)10-19(18)30/h4,7-10,12-13,20,29-30H,3,5-6,11H2,1-2H3/b15-8-/t20-,22-,23+/m0/s1. The minimum Gasteiger partial charge on any atom is -0.507 e. The van der Waals surface area contributed by atoms with Crippen LogP contribution in [0.5, 0.6) is 5.75 Å². The molecule has 6 nitrogen and oxygen atoms in total. The molecule has 1 aromatic carbocycles. The molecule has 0 saturated carbocycles. The molecule has 0 unspecified atom stereocenters. The van der Waals surface area contributed by atoms with Gasteiger partial charge in [-0.1, -0.05) is 0 Å². The summed E-state index contributed by atoms with van der Waals surface area (Å²) in [6.07, 6.45) is 9.22. The van der Waals surface area contributed by atoms with Crippen molar-refractivity contribution in [2.45, 2.75) is 56.8 Å². The molecule has 4 heterocycles. The molecule has 7 heteroatoms. The van der Waals surface area contributed by atoms with E-state index in [-0.39, 0.29) is 11.3 Å². The minimum atomic E-state index is -1.06. The van der Waals surface area contributed by atoms with E-state index in [2.05, 4.69) is 32.4 Å². The van der Waals surface area contributed by atoms with E-state index >= 15 is 4.39 Å². The first-order chi connectivity index (χ1) is 14.4. The number of hydrogen-bond acceptors (Lipinski definition) is 6. The van der Waals surface area contributed by atoms with Crippen LogP contribution in [0.3, 0.4) is 0 Å². The number of rotatable bonds is 2. The third-order valence-electron chi connectivity index (χ3n) is 6.40. The molecule has 2 bridgehead atoms. The molecule has 5 rings (SSSR count). The number of halogens is 1. The van der Waals surface area contributed by atoms with E-state index in [0.29, 0.717) is 23.5 Å². The van der Waals surface area contributed by atoms with Crippen molar-refractivity contribution in [1.29, 1.82) is 0 Å². The second kappa shape index (κ2) is 6.80. The molecule has 0 radical (unpaired) electrons. The first-order valence-electron chi connectivity index (χ1n) is 10.3. The van der Waals surface area contributed by atoms with Crippen LogP contribution in [-0.2, 0) is 0 Å². The molecular weight excluding hydrogens is 381 g/mol. The fourth-order valence-corrected chi connectivity index (χ4v) is 5.02. The third-order valence-corrected chi connectivity index (χ3v) is 6.40. The molecule has 0 aliphatic carbocycles. The van der Waals surface area contributed by atoms with Crippen molar-refractivity contribution in [1.82, 2.24) is 25.5 Å². The number of pyridine rings is 1. The summed E-state index contributed by atoms with van der Waals surface area (Å²) in [5, 5.41) is 24.1. The summed E-state index contributed by atoms with van der Waals surface area (Å²) in [7, 11) is 0. The molecule has 3 aromatic rings. The smallest absolute Gasteiger partial charge is 0.185 e. The van der Waals surface area contributed by atoms with Crippen LogP contribution in [0.25, 0.3) is 28.2 Å². The van der Waals surface area contributed by atoms with E-state index in [4.69, 9.17) is 0 Å². The summed E-state index contributed by atoms with van der Waals surface area (Å²) in [5.74, 6) is 0.394. The number of phenolic OH excluding ortho intramolecular Hbond substituents is 1. The van der Waals surface area contributed by atoms with Crippen LogP contribution < -0.4 is 5.32 Å². The third kappa shape index (κ3) is 3.23. The van der Waals surface area contributed by atoms with Gasteiger partial charge in [-0.05, 0) is 74.8 Å². The van der Waals surface area contributed by atoms with Crippen LogP contribution in [0.4, 0.5) is 4.39 Å². The van der Waals surface area contributed by atoms with Gasteiger partial charge in [0.2, 0.25) is 0 Å². The molecule has 0 amide bonds. The van der Waals surface area contributed by atoms with Gasteiger partial charge in [0.15, 0.2) is 5.82 Å². The average Bonchev–Trinajstić information content (AvgIpc) is 2.72. The summed E-state index contributed by atoms with van der Waals surface area (Å²) in [6.45, 7) is 4.13. The van der Waals surface area contributed by atoms with Gasteiger partial charge in [-0.3, -0.25) is 4.98 Å². The molecule has 2 saturated heterocycles. The molecule has 0 spiro atoms. The Hall–Kier alpha value is -2.93. The van der Waals surface area contributed by atoms with Gasteiger partial charge in [-0.25, -0.2) is 9.37 Å². The lowest BCUT2D eigenvalue weighted by Gasteiger charge is -2.53. The highest BCUT2D eigenvalue weighted by atomic mass is 19.1. The second-order valence-corrected chi connectivity index (χ2v) is 9.01. The summed E-state index contributed by atoms with van der Waals surface area (Å²) >= 11 is 0. The maximum atomic E-state index is 15.3. The van der Waals surface area contributed by atoms with E-state index in [1.54, 1.807) is 30.7 Å². The van der Waals surface area contributed by atoms with Gasteiger partial charge in [-0.15, -0.1) is 10.2 Å². The van der Waals surface area contributed by atoms with Crippen LogP contribution in [0.2, 0.25) is 0 Å². The molecular formula is C23H24FN5O. The zero-order chi connectivity index (χ0) is 20.9. The Morgan fingerprint density at radius 3 is 2.83 bits per heavy atom. The fraction of sp³-hybridized carbons (Fsp3) is 0.391. The van der Waals surface area contributed by atoms with E-state index in [0.717, 1.165) is 35.6 Å². The van der Waals surface area contributed by atoms with Crippen LogP contribution >= 0.6 is 0 Å². The van der Waals surface area contributed by atoms with Crippen molar-refractivity contribution in [3.63, 3.8) is 0 Å². The van der Waals surface area contributed by atoms with Crippen molar-refractivity contribution in [2.24, 2.45) is 0 Å². The van der Waals surface area contributed by atoms with Gasteiger partial charge in [0, 0.05) is 23.3 Å². The SMILES string of the molecule is C[C@@]12CCC[C@@](C)(N1)[C@@H](F)/C(=C\c1cnc(-c3cc4ccncc4cc3O)nn1)C2. The summed E-state index contributed by atoms with van der Waals surface area (Å²) in [5.41, 5.74) is 1.13. The second-order valence-electron chi connectivity index (χ2n) is 9.01. The number of fused-ring (bicyclic) bond motifs is 3. The van der Waals surface area contributed by atoms with Gasteiger partial charge in [0.1, 0.15) is 17.6 Å². The van der Waals surface area contributed by atoms with Crippen molar-refractivity contribution >= 4 is 16.8 Å². The van der Waals surface area contributed by atoms with E-state index < -0.39 is 11.7 Å². The number of aromatic nitrogens is 4. The van der Waals surface area contributed by atoms with Gasteiger partial charge in [-0.2, -0.15) is 0 Å². The Morgan fingerprint density at radius 1 is 1.17 bits per heavy atom. The molecule has 3 atom stereocenters. The Morgan fingerprint density at radius 2 is 2.03 bits per heavy atom. The molecule has 2 N–H and O–H groups in total. The van der Waals surface area contributed by atoms with Gasteiger partial charge in [0.25, 0.3) is 0 Å². The van der Waals surface area contributed by atoms with Crippen molar-refractivity contribution in [3.05, 3.63) is 48.1 Å². The zero-order valence-corrected chi connectivity index (χ0v) is 17.1. The predicted molar refractivity (Wildman–Crippen MR) is 114 cm³/mol. The maximum absolute atomic E-state index is 15.3. The highest BCUT2D eigenvalue weighted by Gasteiger charge is 2.50. The predicted octanol–water partition coefficient (Wildman–Crippen LogP) is 4.21. The van der Waals surface area contributed by atoms with E-state index in [1.165, 1.54) is 0 Å². The van der Waals surface area contributed by atoms with Gasteiger partial charge < -0.3 is 10.4 Å². The largest absolute Gasteiger partial charge is 0.507 e. The fourth-order valence-electron chi connectivity index (χ4n) is 5.02. The summed E-state index contributed by atoms with van der Waals surface area (Å²) in [4.78, 5) is 8.45. The number of hydrogen-bond donors (Lipinski definition) is 2. The number of nitrogens with one attached hydrogen (secondary N) is 1. The number of phenols is 1. The molecule has 2 fully saturated rings. The first-order valence-corrected chi connectivity index (χ1v) is 10.3. The molecule has 30 heavy (non-hydrogen) atoms. The van der Waals surface area contributed by atoms with Crippen LogP contribution in [0.15, 0.2) is 42.4 Å². The van der Waals surface area contributed by atoms with Gasteiger partial charge in [0.05, 0.1) is 17.3 Å². The molecule has 2 aliphatic rings. The van der Waals surface area contributed by atoms with E-state index in [1.807, 2.05) is 19.1 Å². The Labute approximate surface area is 174 Å². The quantitative estimate of drug-likeness (QED) is 0.665. The Bertz CT molecular complexity index is 1150. The molecule has 2 aromatic heterocycles. The highest BCUT2D eigenvalue weighted by molar-refractivity contribution is 5.88. The number of piperidine rings is 2. The lowest BCUT2D eigenvalue weighted by Crippen LogP contribution is -2.66. The number of aromatic hydroxyl groups is 1. The lowest BCUT2D eigenvalue weighted by molar-refractivity contribution is 0.0555. The van der Waals surface area contributed by atoms with Gasteiger partial charge >= 0.3 is 0 Å².